The third kappa shape index (κ3) is 4.01. The minimum Gasteiger partial charge on any atom is -0.478 e. The Morgan fingerprint density at radius 2 is 2.12 bits per heavy atom. The van der Waals surface area contributed by atoms with E-state index in [1.807, 2.05) is 0 Å². The molecule has 1 rings (SSSR count). The minimum absolute atomic E-state index is 0.00324. The number of anilines is 1. The lowest BCUT2D eigenvalue weighted by Gasteiger charge is -2.09. The van der Waals surface area contributed by atoms with E-state index in [-0.39, 0.29) is 17.0 Å². The van der Waals surface area contributed by atoms with Crippen LogP contribution in [0.25, 0.3) is 0 Å². The van der Waals surface area contributed by atoms with E-state index in [1.165, 1.54) is 18.2 Å². The summed E-state index contributed by atoms with van der Waals surface area (Å²) >= 11 is 3.16. The Bertz CT molecular complexity index is 527. The zero-order chi connectivity index (χ0) is 13.1. The highest BCUT2D eigenvalue weighted by molar-refractivity contribution is 9.10. The number of nitrogens with one attached hydrogen (secondary N) is 1. The molecule has 0 bridgehead atoms. The molecule has 0 aliphatic carbocycles. The van der Waals surface area contributed by atoms with Crippen LogP contribution < -0.4 is 4.72 Å². The molecular weight excluding hydrogens is 310 g/mol. The number of carboxylic acids is 1. The maximum absolute atomic E-state index is 11.6. The fourth-order valence-corrected chi connectivity index (χ4v) is 2.84. The van der Waals surface area contributed by atoms with E-state index >= 15 is 0 Å². The molecule has 0 saturated carbocycles. The lowest BCUT2D eigenvalue weighted by Crippen LogP contribution is -2.16. The first kappa shape index (κ1) is 14.0. The first-order chi connectivity index (χ1) is 7.85. The van der Waals surface area contributed by atoms with Gasteiger partial charge in [-0.3, -0.25) is 4.72 Å². The van der Waals surface area contributed by atoms with E-state index in [0.29, 0.717) is 10.9 Å². The van der Waals surface area contributed by atoms with Crippen LogP contribution in [0.3, 0.4) is 0 Å². The molecule has 1 aromatic rings. The van der Waals surface area contributed by atoms with Crippen LogP contribution in [0.15, 0.2) is 22.7 Å². The van der Waals surface area contributed by atoms with Gasteiger partial charge in [-0.1, -0.05) is 6.92 Å². The summed E-state index contributed by atoms with van der Waals surface area (Å²) in [6, 6.07) is 4.16. The first-order valence-corrected chi connectivity index (χ1v) is 7.33. The van der Waals surface area contributed by atoms with Crippen LogP contribution in [0.1, 0.15) is 23.7 Å². The van der Waals surface area contributed by atoms with Gasteiger partial charge in [-0.15, -0.1) is 0 Å². The molecule has 94 valence electrons. The monoisotopic (exact) mass is 321 g/mol. The summed E-state index contributed by atoms with van der Waals surface area (Å²) in [5, 5.41) is 8.81. The Balaban J connectivity index is 3.06. The molecule has 0 aromatic heterocycles. The molecule has 0 heterocycles. The molecule has 0 aliphatic rings. The average molecular weight is 322 g/mol. The molecule has 2 N–H and O–H groups in total. The Hall–Kier alpha value is -1.08. The number of rotatable bonds is 5. The van der Waals surface area contributed by atoms with Gasteiger partial charge < -0.3 is 5.11 Å². The molecule has 0 fully saturated rings. The number of hydrogen-bond donors (Lipinski definition) is 2. The van der Waals surface area contributed by atoms with Crippen LogP contribution >= 0.6 is 15.9 Å². The van der Waals surface area contributed by atoms with Gasteiger partial charge in [0.2, 0.25) is 10.0 Å². The normalized spacial score (nSPS) is 11.2. The topological polar surface area (TPSA) is 83.5 Å². The van der Waals surface area contributed by atoms with Crippen LogP contribution in [-0.2, 0) is 10.0 Å². The van der Waals surface area contributed by atoms with Gasteiger partial charge in [0, 0.05) is 4.47 Å². The number of aromatic carboxylic acids is 1. The average Bonchev–Trinajstić information content (AvgIpc) is 2.20. The zero-order valence-electron chi connectivity index (χ0n) is 9.10. The van der Waals surface area contributed by atoms with Crippen LogP contribution in [0.5, 0.6) is 0 Å². The molecule has 0 unspecified atom stereocenters. The maximum atomic E-state index is 11.6. The molecule has 7 heteroatoms. The molecule has 0 saturated heterocycles. The molecule has 1 aromatic carbocycles. The summed E-state index contributed by atoms with van der Waals surface area (Å²) in [4.78, 5) is 10.8. The second-order valence-corrected chi connectivity index (χ2v) is 6.12. The Morgan fingerprint density at radius 3 is 2.65 bits per heavy atom. The van der Waals surface area contributed by atoms with Crippen molar-refractivity contribution in [3.8, 4) is 0 Å². The van der Waals surface area contributed by atoms with Crippen LogP contribution in [0.4, 0.5) is 5.69 Å². The second kappa shape index (κ2) is 5.50. The van der Waals surface area contributed by atoms with Gasteiger partial charge in [0.05, 0.1) is 17.0 Å². The highest BCUT2D eigenvalue weighted by atomic mass is 79.9. The van der Waals surface area contributed by atoms with Gasteiger partial charge in [-0.2, -0.15) is 0 Å². The molecule has 0 atom stereocenters. The van der Waals surface area contributed by atoms with Crippen molar-refractivity contribution in [2.24, 2.45) is 0 Å². The van der Waals surface area contributed by atoms with Crippen molar-refractivity contribution in [1.29, 1.82) is 0 Å². The molecule has 17 heavy (non-hydrogen) atoms. The third-order valence-corrected chi connectivity index (χ3v) is 4.12. The predicted molar refractivity (Wildman–Crippen MR) is 68.8 cm³/mol. The van der Waals surface area contributed by atoms with Gasteiger partial charge in [0.25, 0.3) is 0 Å². The van der Waals surface area contributed by atoms with E-state index < -0.39 is 16.0 Å². The summed E-state index contributed by atoms with van der Waals surface area (Å²) in [5.74, 6) is -1.11. The number of benzene rings is 1. The van der Waals surface area contributed by atoms with Crippen molar-refractivity contribution >= 4 is 37.6 Å². The third-order valence-electron chi connectivity index (χ3n) is 1.95. The second-order valence-electron chi connectivity index (χ2n) is 3.42. The quantitative estimate of drug-likeness (QED) is 0.871. The number of sulfonamides is 1. The summed E-state index contributed by atoms with van der Waals surface area (Å²) in [5.41, 5.74) is 0.265. The maximum Gasteiger partial charge on any atom is 0.335 e. The van der Waals surface area contributed by atoms with Gasteiger partial charge in [0.15, 0.2) is 0 Å². The highest BCUT2D eigenvalue weighted by Gasteiger charge is 2.13. The Morgan fingerprint density at radius 1 is 1.47 bits per heavy atom. The van der Waals surface area contributed by atoms with Crippen LogP contribution in [0, 0.1) is 0 Å². The van der Waals surface area contributed by atoms with Crippen LogP contribution in [-0.4, -0.2) is 25.2 Å². The lowest BCUT2D eigenvalue weighted by molar-refractivity contribution is 0.0697. The molecule has 5 nitrogen and oxygen atoms in total. The predicted octanol–water partition coefficient (Wildman–Crippen LogP) is 2.30. The molecular formula is C10H12BrNO4S. The van der Waals surface area contributed by atoms with E-state index in [2.05, 4.69) is 20.7 Å². The van der Waals surface area contributed by atoms with Crippen molar-refractivity contribution in [3.63, 3.8) is 0 Å². The fraction of sp³-hybridized carbons (Fsp3) is 0.300. The van der Waals surface area contributed by atoms with Crippen molar-refractivity contribution in [3.05, 3.63) is 28.2 Å². The lowest BCUT2D eigenvalue weighted by atomic mass is 10.2. The Kier molecular flexibility index (Phi) is 4.53. The fourth-order valence-electron chi connectivity index (χ4n) is 1.22. The largest absolute Gasteiger partial charge is 0.478 e. The van der Waals surface area contributed by atoms with Crippen molar-refractivity contribution < 1.29 is 18.3 Å². The van der Waals surface area contributed by atoms with E-state index in [9.17, 15) is 13.2 Å². The number of carbonyl (C=O) groups is 1. The summed E-state index contributed by atoms with van der Waals surface area (Å²) in [6.45, 7) is 1.75. The summed E-state index contributed by atoms with van der Waals surface area (Å²) < 4.78 is 26.0. The van der Waals surface area contributed by atoms with E-state index in [4.69, 9.17) is 5.11 Å². The van der Waals surface area contributed by atoms with Crippen molar-refractivity contribution in [1.82, 2.24) is 0 Å². The summed E-state index contributed by atoms with van der Waals surface area (Å²) in [6.07, 6.45) is 0.492. The van der Waals surface area contributed by atoms with Gasteiger partial charge in [0.1, 0.15) is 0 Å². The van der Waals surface area contributed by atoms with Crippen molar-refractivity contribution in [2.75, 3.05) is 10.5 Å². The van der Waals surface area contributed by atoms with Gasteiger partial charge >= 0.3 is 5.97 Å². The van der Waals surface area contributed by atoms with E-state index in [0.717, 1.165) is 0 Å². The number of halogens is 1. The first-order valence-electron chi connectivity index (χ1n) is 4.89. The number of hydrogen-bond acceptors (Lipinski definition) is 3. The minimum atomic E-state index is -3.42. The summed E-state index contributed by atoms with van der Waals surface area (Å²) in [7, 11) is -3.42. The Labute approximate surface area is 108 Å². The van der Waals surface area contributed by atoms with E-state index in [1.54, 1.807) is 6.92 Å². The van der Waals surface area contributed by atoms with Gasteiger partial charge in [-0.25, -0.2) is 13.2 Å². The van der Waals surface area contributed by atoms with Crippen LogP contribution in [0.2, 0.25) is 0 Å². The standard InChI is InChI=1S/C10H12BrNO4S/c1-2-5-17(15,16)12-9-6-7(10(13)14)3-4-8(9)11/h3-4,6,12H,2,5H2,1H3,(H,13,14). The molecule has 0 amide bonds. The SMILES string of the molecule is CCCS(=O)(=O)Nc1cc(C(=O)O)ccc1Br. The number of carboxylic acid groups (broad SMARTS) is 1. The zero-order valence-corrected chi connectivity index (χ0v) is 11.5. The molecule has 0 radical (unpaired) electrons. The highest BCUT2D eigenvalue weighted by Crippen LogP contribution is 2.24. The smallest absolute Gasteiger partial charge is 0.335 e. The van der Waals surface area contributed by atoms with Crippen molar-refractivity contribution in [2.45, 2.75) is 13.3 Å². The molecule has 0 aliphatic heterocycles. The van der Waals surface area contributed by atoms with Gasteiger partial charge in [-0.05, 0) is 40.5 Å². The molecule has 0 spiro atoms.